The van der Waals surface area contributed by atoms with Crippen LogP contribution in [0.15, 0.2) is 48.5 Å². The molecule has 1 amide bonds. The van der Waals surface area contributed by atoms with E-state index in [9.17, 15) is 4.79 Å². The van der Waals surface area contributed by atoms with Crippen LogP contribution < -0.4 is 5.73 Å². The van der Waals surface area contributed by atoms with Gasteiger partial charge < -0.3 is 5.73 Å². The van der Waals surface area contributed by atoms with E-state index in [1.165, 1.54) is 11.1 Å². The lowest BCUT2D eigenvalue weighted by Crippen LogP contribution is -2.41. The fraction of sp³-hybridized carbons (Fsp3) is 0.235. The summed E-state index contributed by atoms with van der Waals surface area (Å²) in [5, 5.41) is 0. The number of benzene rings is 2. The molecule has 0 heterocycles. The predicted molar refractivity (Wildman–Crippen MR) is 71.8 cm³/mol. The van der Waals surface area contributed by atoms with Crippen molar-refractivity contribution < 1.29 is 4.79 Å². The van der Waals surface area contributed by atoms with E-state index in [1.807, 2.05) is 12.1 Å². The minimum Gasteiger partial charge on any atom is -0.369 e. The average Bonchev–Trinajstić information content (AvgIpc) is 3.01. The maximum Gasteiger partial charge on any atom is 0.232 e. The lowest BCUT2D eigenvalue weighted by molar-refractivity contribution is -0.122. The van der Waals surface area contributed by atoms with Gasteiger partial charge in [0.05, 0.1) is 0 Å². The van der Waals surface area contributed by atoms with Crippen molar-refractivity contribution in [2.75, 3.05) is 0 Å². The van der Waals surface area contributed by atoms with E-state index in [2.05, 4.69) is 36.4 Å². The van der Waals surface area contributed by atoms with Crippen molar-refractivity contribution in [1.82, 2.24) is 0 Å². The molecule has 2 heteroatoms. The Hall–Kier alpha value is -2.09. The molecular weight excluding hydrogens is 234 g/mol. The summed E-state index contributed by atoms with van der Waals surface area (Å²) in [6, 6.07) is 16.7. The maximum atomic E-state index is 12.4. The number of hydrogen-bond donors (Lipinski definition) is 1. The number of nitrogens with two attached hydrogens (primary N) is 1. The summed E-state index contributed by atoms with van der Waals surface area (Å²) in [6.07, 6.45) is 0. The molecule has 0 aromatic heterocycles. The highest BCUT2D eigenvalue weighted by atomic mass is 16.1. The molecule has 0 aliphatic heterocycles. The summed E-state index contributed by atoms with van der Waals surface area (Å²) in [7, 11) is 0. The Kier molecular flexibility index (Phi) is 1.41. The topological polar surface area (TPSA) is 43.1 Å². The summed E-state index contributed by atoms with van der Waals surface area (Å²) < 4.78 is 0. The normalized spacial score (nSPS) is 35.5. The predicted octanol–water partition coefficient (Wildman–Crippen LogP) is 2.28. The zero-order valence-electron chi connectivity index (χ0n) is 10.3. The highest BCUT2D eigenvalue weighted by Gasteiger charge is 2.76. The number of amides is 1. The van der Waals surface area contributed by atoms with Gasteiger partial charge in [-0.15, -0.1) is 0 Å². The minimum absolute atomic E-state index is 0.181. The Morgan fingerprint density at radius 1 is 0.895 bits per heavy atom. The average molecular weight is 247 g/mol. The molecular formula is C17H13NO. The minimum atomic E-state index is -0.553. The third-order valence-corrected chi connectivity index (χ3v) is 5.40. The molecule has 1 fully saturated rings. The van der Waals surface area contributed by atoms with Crippen molar-refractivity contribution in [2.24, 2.45) is 11.7 Å². The summed E-state index contributed by atoms with van der Waals surface area (Å²) in [5.74, 6) is 1.22. The lowest BCUT2D eigenvalue weighted by atomic mass is 9.74. The Labute approximate surface area is 111 Å². The summed E-state index contributed by atoms with van der Waals surface area (Å²) in [6.45, 7) is 0. The van der Waals surface area contributed by atoms with Crippen molar-refractivity contribution in [2.45, 2.75) is 17.3 Å². The van der Waals surface area contributed by atoms with Gasteiger partial charge in [-0.05, 0) is 40.0 Å². The van der Waals surface area contributed by atoms with Crippen molar-refractivity contribution in [3.8, 4) is 0 Å². The summed E-state index contributed by atoms with van der Waals surface area (Å²) in [5.41, 5.74) is 10.3. The van der Waals surface area contributed by atoms with Crippen LogP contribution in [0.2, 0.25) is 0 Å². The van der Waals surface area contributed by atoms with Crippen LogP contribution in [0, 0.1) is 5.92 Å². The fourth-order valence-electron chi connectivity index (χ4n) is 4.85. The molecule has 0 spiro atoms. The molecule has 92 valence electrons. The number of carbonyl (C=O) groups excluding carboxylic acids is 1. The van der Waals surface area contributed by atoms with E-state index in [0.29, 0.717) is 17.8 Å². The third-order valence-electron chi connectivity index (χ3n) is 5.40. The quantitative estimate of drug-likeness (QED) is 0.825. The van der Waals surface area contributed by atoms with Crippen LogP contribution in [-0.2, 0) is 10.2 Å². The Morgan fingerprint density at radius 3 is 1.84 bits per heavy atom. The highest BCUT2D eigenvalue weighted by Crippen LogP contribution is 2.80. The zero-order chi connectivity index (χ0) is 12.8. The van der Waals surface area contributed by atoms with E-state index >= 15 is 0 Å². The number of hydrogen-bond acceptors (Lipinski definition) is 1. The van der Waals surface area contributed by atoms with Crippen LogP contribution in [0.5, 0.6) is 0 Å². The molecule has 5 rings (SSSR count). The molecule has 0 radical (unpaired) electrons. The van der Waals surface area contributed by atoms with Crippen LogP contribution in [0.3, 0.4) is 0 Å². The second kappa shape index (κ2) is 2.74. The van der Waals surface area contributed by atoms with Crippen LogP contribution in [0.1, 0.15) is 34.1 Å². The van der Waals surface area contributed by atoms with Crippen molar-refractivity contribution in [3.05, 3.63) is 70.8 Å². The Morgan fingerprint density at radius 2 is 1.37 bits per heavy atom. The van der Waals surface area contributed by atoms with Crippen LogP contribution >= 0.6 is 0 Å². The Balaban J connectivity index is 1.94. The van der Waals surface area contributed by atoms with E-state index in [4.69, 9.17) is 5.73 Å². The molecule has 0 bridgehead atoms. The lowest BCUT2D eigenvalue weighted by Gasteiger charge is -2.27. The van der Waals surface area contributed by atoms with E-state index in [0.717, 1.165) is 11.1 Å². The fourth-order valence-corrected chi connectivity index (χ4v) is 4.85. The first-order valence-corrected chi connectivity index (χ1v) is 6.76. The van der Waals surface area contributed by atoms with E-state index < -0.39 is 5.41 Å². The molecule has 1 saturated carbocycles. The molecule has 2 nitrogen and oxygen atoms in total. The monoisotopic (exact) mass is 247 g/mol. The number of primary amides is 1. The Bertz CT molecular complexity index is 695. The summed E-state index contributed by atoms with van der Waals surface area (Å²) >= 11 is 0. The smallest absolute Gasteiger partial charge is 0.232 e. The SMILES string of the molecule is NC(=O)C12c3ccccc3[C@@H]3C1[C@@H]3c1ccccc12. The second-order valence-electron chi connectivity index (χ2n) is 5.92. The van der Waals surface area contributed by atoms with Gasteiger partial charge in [-0.1, -0.05) is 48.5 Å². The van der Waals surface area contributed by atoms with Crippen LogP contribution in [0.25, 0.3) is 0 Å². The number of carbonyl (C=O) groups is 1. The molecule has 19 heavy (non-hydrogen) atoms. The van der Waals surface area contributed by atoms with Gasteiger partial charge >= 0.3 is 0 Å². The van der Waals surface area contributed by atoms with Gasteiger partial charge in [0.1, 0.15) is 5.41 Å². The van der Waals surface area contributed by atoms with Gasteiger partial charge in [0.2, 0.25) is 5.91 Å². The molecule has 2 aromatic carbocycles. The molecule has 2 N–H and O–H groups in total. The van der Waals surface area contributed by atoms with Gasteiger partial charge in [-0.3, -0.25) is 4.79 Å². The van der Waals surface area contributed by atoms with Crippen LogP contribution in [-0.4, -0.2) is 5.91 Å². The largest absolute Gasteiger partial charge is 0.369 e. The van der Waals surface area contributed by atoms with Crippen molar-refractivity contribution >= 4 is 5.91 Å². The maximum absolute atomic E-state index is 12.4. The number of fused-ring (bicyclic) bond motifs is 7. The zero-order valence-corrected chi connectivity index (χ0v) is 10.3. The highest BCUT2D eigenvalue weighted by molar-refractivity contribution is 5.97. The molecule has 0 saturated heterocycles. The van der Waals surface area contributed by atoms with Gasteiger partial charge in [0.15, 0.2) is 0 Å². The first-order valence-electron chi connectivity index (χ1n) is 6.76. The van der Waals surface area contributed by atoms with Crippen molar-refractivity contribution in [3.63, 3.8) is 0 Å². The second-order valence-corrected chi connectivity index (χ2v) is 5.92. The van der Waals surface area contributed by atoms with Gasteiger partial charge in [0, 0.05) is 0 Å². The van der Waals surface area contributed by atoms with Gasteiger partial charge in [-0.25, -0.2) is 0 Å². The third kappa shape index (κ3) is 0.803. The number of rotatable bonds is 1. The molecule has 4 atom stereocenters. The standard InChI is InChI=1S/C17H13NO/c18-16(19)17-11-7-3-1-5-9(11)13-14(15(13)17)10-6-2-4-8-12(10)17/h1-8,13-15H,(H2,18,19)/t13-,14+,15?,17?. The molecule has 2 aromatic rings. The van der Waals surface area contributed by atoms with E-state index in [-0.39, 0.29) is 5.91 Å². The molecule has 3 aliphatic rings. The molecule has 2 unspecified atom stereocenters. The first-order chi connectivity index (χ1) is 9.28. The van der Waals surface area contributed by atoms with Crippen LogP contribution in [0.4, 0.5) is 0 Å². The first kappa shape index (κ1) is 9.79. The summed E-state index contributed by atoms with van der Waals surface area (Å²) in [4.78, 5) is 12.4. The van der Waals surface area contributed by atoms with Gasteiger partial charge in [-0.2, -0.15) is 0 Å². The van der Waals surface area contributed by atoms with E-state index in [1.54, 1.807) is 0 Å². The molecule has 3 aliphatic carbocycles. The van der Waals surface area contributed by atoms with Crippen molar-refractivity contribution in [1.29, 1.82) is 0 Å². The van der Waals surface area contributed by atoms with Gasteiger partial charge in [0.25, 0.3) is 0 Å².